The molecule has 0 saturated heterocycles. The van der Waals surface area contributed by atoms with Crippen LogP contribution in [0.25, 0.3) is 11.0 Å². The van der Waals surface area contributed by atoms with E-state index in [2.05, 4.69) is 20.0 Å². The topological polar surface area (TPSA) is 147 Å². The monoisotopic (exact) mass is 416 g/mol. The maximum atomic E-state index is 11.6. The number of methoxy groups -OCH3 is 1. The van der Waals surface area contributed by atoms with Crippen molar-refractivity contribution in [1.29, 1.82) is 0 Å². The van der Waals surface area contributed by atoms with Crippen LogP contribution in [-0.2, 0) is 16.1 Å². The predicted octanol–water partition coefficient (Wildman–Crippen LogP) is 0.744. The third kappa shape index (κ3) is 4.51. The molecule has 1 unspecified atom stereocenters. The minimum Gasteiger partial charge on any atom is -0.468 e. The van der Waals surface area contributed by atoms with Crippen molar-refractivity contribution in [1.82, 2.24) is 15.3 Å². The van der Waals surface area contributed by atoms with Crippen molar-refractivity contribution in [3.63, 3.8) is 0 Å². The average Bonchev–Trinajstić information content (AvgIpc) is 2.55. The van der Waals surface area contributed by atoms with E-state index in [1.54, 1.807) is 6.92 Å². The van der Waals surface area contributed by atoms with Crippen molar-refractivity contribution < 1.29 is 14.5 Å². The van der Waals surface area contributed by atoms with Crippen LogP contribution in [0.15, 0.2) is 21.7 Å². The number of esters is 1. The Hall–Kier alpha value is -2.53. The van der Waals surface area contributed by atoms with Gasteiger partial charge in [-0.1, -0.05) is 6.92 Å². The molecule has 0 bridgehead atoms. The van der Waals surface area contributed by atoms with E-state index in [1.807, 2.05) is 0 Å². The summed E-state index contributed by atoms with van der Waals surface area (Å²) in [6.45, 7) is 1.84. The average molecular weight is 417 g/mol. The predicted molar refractivity (Wildman–Crippen MR) is 95.1 cm³/mol. The number of H-pyrrole nitrogens is 2. The van der Waals surface area contributed by atoms with Gasteiger partial charge in [0.2, 0.25) is 0 Å². The lowest BCUT2D eigenvalue weighted by atomic mass is 10.1. The van der Waals surface area contributed by atoms with Gasteiger partial charge in [-0.05, 0) is 12.0 Å². The molecule has 0 radical (unpaired) electrons. The number of hydrogen-bond acceptors (Lipinski definition) is 7. The zero-order valence-corrected chi connectivity index (χ0v) is 15.2. The van der Waals surface area contributed by atoms with Gasteiger partial charge in [-0.15, -0.1) is 17.0 Å². The molecule has 11 heteroatoms. The molecule has 3 N–H and O–H groups in total. The first-order chi connectivity index (χ1) is 11.4. The number of aromatic amines is 2. The first kappa shape index (κ1) is 20.5. The van der Waals surface area contributed by atoms with Gasteiger partial charge < -0.3 is 20.0 Å². The van der Waals surface area contributed by atoms with Gasteiger partial charge in [-0.2, -0.15) is 0 Å². The summed E-state index contributed by atoms with van der Waals surface area (Å²) in [7, 11) is 1.26. The maximum absolute atomic E-state index is 11.6. The lowest BCUT2D eigenvalue weighted by Gasteiger charge is -2.15. The molecule has 2 aromatic rings. The minimum atomic E-state index is -0.900. The van der Waals surface area contributed by atoms with E-state index in [4.69, 9.17) is 0 Å². The quantitative estimate of drug-likeness (QED) is 0.272. The summed E-state index contributed by atoms with van der Waals surface area (Å²) in [6.07, 6.45) is 0.451. The van der Waals surface area contributed by atoms with Gasteiger partial charge in [-0.25, -0.2) is 0 Å². The molecule has 1 heterocycles. The molecule has 0 aliphatic heterocycles. The first-order valence-corrected chi connectivity index (χ1v) is 7.12. The highest BCUT2D eigenvalue weighted by atomic mass is 79.9. The number of fused-ring (bicyclic) bond motifs is 1. The summed E-state index contributed by atoms with van der Waals surface area (Å²) >= 11 is 0. The fourth-order valence-corrected chi connectivity index (χ4v) is 2.30. The Kier molecular flexibility index (Phi) is 7.00. The highest BCUT2D eigenvalue weighted by Crippen LogP contribution is 2.21. The Labute approximate surface area is 151 Å². The molecule has 1 atom stereocenters. The number of nitrogens with one attached hydrogen (secondary N) is 3. The molecule has 0 aliphatic rings. The molecular weight excluding hydrogens is 400 g/mol. The van der Waals surface area contributed by atoms with E-state index in [0.29, 0.717) is 12.0 Å². The number of carbonyl (C=O) groups excluding carboxylic acids is 1. The first-order valence-electron chi connectivity index (χ1n) is 7.12. The van der Waals surface area contributed by atoms with E-state index in [1.165, 1.54) is 13.2 Å². The van der Waals surface area contributed by atoms with E-state index >= 15 is 0 Å². The molecular formula is C14H17BrN4O6. The van der Waals surface area contributed by atoms with E-state index in [-0.39, 0.29) is 40.2 Å². The molecule has 0 fully saturated rings. The molecule has 1 aromatic carbocycles. The fraction of sp³-hybridized carbons (Fsp3) is 0.357. The van der Waals surface area contributed by atoms with Crippen LogP contribution < -0.4 is 16.4 Å². The summed E-state index contributed by atoms with van der Waals surface area (Å²) in [4.78, 5) is 49.7. The van der Waals surface area contributed by atoms with Crippen LogP contribution in [0.3, 0.4) is 0 Å². The number of halogens is 1. The van der Waals surface area contributed by atoms with Crippen LogP contribution in [0.4, 0.5) is 5.69 Å². The van der Waals surface area contributed by atoms with E-state index in [9.17, 15) is 24.5 Å². The number of non-ortho nitro benzene ring substituents is 1. The molecule has 0 aliphatic carbocycles. The van der Waals surface area contributed by atoms with E-state index in [0.717, 1.165) is 6.07 Å². The zero-order chi connectivity index (χ0) is 17.9. The van der Waals surface area contributed by atoms with Gasteiger partial charge >= 0.3 is 17.1 Å². The normalized spacial score (nSPS) is 11.6. The highest BCUT2D eigenvalue weighted by molar-refractivity contribution is 8.93. The number of nitro groups is 1. The lowest BCUT2D eigenvalue weighted by Crippen LogP contribution is -2.37. The molecule has 1 aromatic heterocycles. The standard InChI is InChI=1S/C14H16N4O6.BrH/c1-3-9(14(21)24-2)15-6-7-4-8(18(22)23)5-10-11(7)17-13(20)12(19)16-10;/h4-5,9,15H,3,6H2,1-2H3,(H,16,19)(H,17,20);1H. The van der Waals surface area contributed by atoms with Gasteiger partial charge in [0.25, 0.3) is 5.69 Å². The van der Waals surface area contributed by atoms with Crippen molar-refractivity contribution in [2.45, 2.75) is 25.9 Å². The van der Waals surface area contributed by atoms with Crippen LogP contribution in [0.1, 0.15) is 18.9 Å². The third-order valence-corrected chi connectivity index (χ3v) is 3.54. The molecule has 0 spiro atoms. The van der Waals surface area contributed by atoms with Crippen molar-refractivity contribution in [3.8, 4) is 0 Å². The number of rotatable bonds is 6. The lowest BCUT2D eigenvalue weighted by molar-refractivity contribution is -0.384. The van der Waals surface area contributed by atoms with Gasteiger partial charge in [0, 0.05) is 18.7 Å². The van der Waals surface area contributed by atoms with Crippen molar-refractivity contribution >= 4 is 39.7 Å². The Balaban J connectivity index is 0.00000312. The molecule has 0 amide bonds. The molecule has 0 saturated carbocycles. The summed E-state index contributed by atoms with van der Waals surface area (Å²) in [5, 5.41) is 14.0. The van der Waals surface area contributed by atoms with Crippen LogP contribution in [0, 0.1) is 10.1 Å². The fourth-order valence-electron chi connectivity index (χ4n) is 2.30. The Morgan fingerprint density at radius 1 is 1.32 bits per heavy atom. The number of benzene rings is 1. The van der Waals surface area contributed by atoms with Crippen molar-refractivity contribution in [3.05, 3.63) is 48.5 Å². The summed E-state index contributed by atoms with van der Waals surface area (Å²) in [5.74, 6) is -0.464. The number of ether oxygens (including phenoxy) is 1. The molecule has 25 heavy (non-hydrogen) atoms. The van der Waals surface area contributed by atoms with Crippen molar-refractivity contribution in [2.24, 2.45) is 0 Å². The van der Waals surface area contributed by atoms with Gasteiger partial charge in [0.05, 0.1) is 23.1 Å². The largest absolute Gasteiger partial charge is 0.468 e. The van der Waals surface area contributed by atoms with E-state index < -0.39 is 28.1 Å². The van der Waals surface area contributed by atoms with Gasteiger partial charge in [0.1, 0.15) is 6.04 Å². The second-order valence-electron chi connectivity index (χ2n) is 5.06. The van der Waals surface area contributed by atoms with Crippen molar-refractivity contribution in [2.75, 3.05) is 7.11 Å². The number of nitro benzene ring substituents is 1. The molecule has 2 rings (SSSR count). The maximum Gasteiger partial charge on any atom is 0.322 e. The number of carbonyl (C=O) groups is 1. The Morgan fingerprint density at radius 3 is 2.52 bits per heavy atom. The SMILES string of the molecule is Br.CCC(NCc1cc([N+](=O)[O-])cc2[nH]c(=O)c(=O)[nH]c12)C(=O)OC. The summed E-state index contributed by atoms with van der Waals surface area (Å²) in [6, 6.07) is 1.83. The van der Waals surface area contributed by atoms with Crippen LogP contribution in [-0.4, -0.2) is 34.0 Å². The summed E-state index contributed by atoms with van der Waals surface area (Å²) in [5.41, 5.74) is -1.24. The Morgan fingerprint density at radius 2 is 1.96 bits per heavy atom. The van der Waals surface area contributed by atoms with Gasteiger partial charge in [-0.3, -0.25) is 24.5 Å². The smallest absolute Gasteiger partial charge is 0.322 e. The Bertz CT molecular complexity index is 906. The molecule has 10 nitrogen and oxygen atoms in total. The molecule has 136 valence electrons. The summed E-state index contributed by atoms with van der Waals surface area (Å²) < 4.78 is 4.66. The third-order valence-electron chi connectivity index (χ3n) is 3.54. The minimum absolute atomic E-state index is 0. The number of aromatic nitrogens is 2. The van der Waals surface area contributed by atoms with Crippen LogP contribution in [0.2, 0.25) is 0 Å². The number of hydrogen-bond donors (Lipinski definition) is 3. The highest BCUT2D eigenvalue weighted by Gasteiger charge is 2.18. The van der Waals surface area contributed by atoms with Crippen LogP contribution in [0.5, 0.6) is 0 Å². The van der Waals surface area contributed by atoms with Crippen LogP contribution >= 0.6 is 17.0 Å². The number of nitrogens with zero attached hydrogens (tertiary/aromatic N) is 1. The van der Waals surface area contributed by atoms with Gasteiger partial charge in [0.15, 0.2) is 0 Å². The zero-order valence-electron chi connectivity index (χ0n) is 13.5. The second-order valence-corrected chi connectivity index (χ2v) is 5.06. The second kappa shape index (κ2) is 8.53.